The summed E-state index contributed by atoms with van der Waals surface area (Å²) in [6.07, 6.45) is 1.95. The Morgan fingerprint density at radius 1 is 1.04 bits per heavy atom. The third kappa shape index (κ3) is 4.66. The summed E-state index contributed by atoms with van der Waals surface area (Å²) in [7, 11) is 0. The lowest BCUT2D eigenvalue weighted by atomic mass is 10.2. The van der Waals surface area contributed by atoms with Crippen molar-refractivity contribution in [3.8, 4) is 0 Å². The molecule has 0 atom stereocenters. The van der Waals surface area contributed by atoms with Crippen LogP contribution in [0.5, 0.6) is 0 Å². The van der Waals surface area contributed by atoms with Crippen molar-refractivity contribution < 1.29 is 0 Å². The maximum absolute atomic E-state index is 4.48. The summed E-state index contributed by atoms with van der Waals surface area (Å²) in [6, 6.07) is 20.3. The number of anilines is 2. The smallest absolute Gasteiger partial charge is 0.207 e. The van der Waals surface area contributed by atoms with Crippen LogP contribution in [-0.4, -0.2) is 9.36 Å². The predicted molar refractivity (Wildman–Crippen MR) is 96.6 cm³/mol. The molecule has 23 heavy (non-hydrogen) atoms. The minimum Gasteiger partial charge on any atom is -0.384 e. The molecule has 2 N–H and O–H groups in total. The van der Waals surface area contributed by atoms with Crippen LogP contribution in [0.25, 0.3) is 6.08 Å². The van der Waals surface area contributed by atoms with E-state index in [2.05, 4.69) is 32.1 Å². The van der Waals surface area contributed by atoms with Crippen molar-refractivity contribution in [1.29, 1.82) is 0 Å². The van der Waals surface area contributed by atoms with E-state index in [1.807, 2.05) is 61.5 Å². The minimum atomic E-state index is 0.714. The minimum absolute atomic E-state index is 0.714. The fraction of sp³-hybridized carbons (Fsp3) is 0.111. The zero-order valence-electron chi connectivity index (χ0n) is 12.9. The Bertz CT molecular complexity index is 766. The molecule has 0 fully saturated rings. The van der Waals surface area contributed by atoms with Crippen molar-refractivity contribution in [1.82, 2.24) is 14.7 Å². The summed E-state index contributed by atoms with van der Waals surface area (Å²) in [5.41, 5.74) is 3.30. The van der Waals surface area contributed by atoms with Gasteiger partial charge in [-0.25, -0.2) is 0 Å². The van der Waals surface area contributed by atoms with Crippen LogP contribution in [-0.2, 0) is 6.54 Å². The number of para-hydroxylation sites is 1. The molecule has 5 heteroatoms. The van der Waals surface area contributed by atoms with Crippen LogP contribution in [0.3, 0.4) is 0 Å². The second kappa shape index (κ2) is 7.56. The van der Waals surface area contributed by atoms with Gasteiger partial charge in [-0.15, -0.1) is 0 Å². The molecule has 0 saturated carbocycles. The average Bonchev–Trinajstić information content (AvgIpc) is 3.02. The highest BCUT2D eigenvalue weighted by Gasteiger charge is 2.02. The van der Waals surface area contributed by atoms with Crippen LogP contribution in [0, 0.1) is 0 Å². The monoisotopic (exact) mass is 322 g/mol. The van der Waals surface area contributed by atoms with Gasteiger partial charge in [-0.2, -0.15) is 9.36 Å². The zero-order valence-corrected chi connectivity index (χ0v) is 13.7. The Labute approximate surface area is 140 Å². The van der Waals surface area contributed by atoms with Gasteiger partial charge in [0.2, 0.25) is 5.13 Å². The van der Waals surface area contributed by atoms with Crippen molar-refractivity contribution in [3.05, 3.63) is 77.7 Å². The summed E-state index contributed by atoms with van der Waals surface area (Å²) >= 11 is 1.36. The van der Waals surface area contributed by atoms with E-state index in [0.717, 1.165) is 23.1 Å². The second-order valence-corrected chi connectivity index (χ2v) is 5.87. The molecule has 0 aliphatic rings. The molecular weight excluding hydrogens is 304 g/mol. The highest BCUT2D eigenvalue weighted by Crippen LogP contribution is 2.18. The molecule has 0 saturated heterocycles. The van der Waals surface area contributed by atoms with Gasteiger partial charge in [0.1, 0.15) is 0 Å². The number of hydrogen-bond acceptors (Lipinski definition) is 5. The summed E-state index contributed by atoms with van der Waals surface area (Å²) in [6.45, 7) is 2.82. The Kier molecular flexibility index (Phi) is 5.01. The maximum atomic E-state index is 4.48. The van der Waals surface area contributed by atoms with E-state index in [1.165, 1.54) is 17.1 Å². The quantitative estimate of drug-likeness (QED) is 0.705. The summed E-state index contributed by atoms with van der Waals surface area (Å²) < 4.78 is 4.36. The van der Waals surface area contributed by atoms with Gasteiger partial charge in [0, 0.05) is 35.5 Å². The number of rotatable bonds is 6. The summed E-state index contributed by atoms with van der Waals surface area (Å²) in [5, 5.41) is 7.41. The Hall–Kier alpha value is -2.66. The Morgan fingerprint density at radius 2 is 1.74 bits per heavy atom. The van der Waals surface area contributed by atoms with E-state index >= 15 is 0 Å². The number of hydrogen-bond donors (Lipinski definition) is 2. The fourth-order valence-electron chi connectivity index (χ4n) is 2.07. The topological polar surface area (TPSA) is 49.8 Å². The molecule has 1 heterocycles. The van der Waals surface area contributed by atoms with Gasteiger partial charge < -0.3 is 10.6 Å². The van der Waals surface area contributed by atoms with Crippen LogP contribution >= 0.6 is 11.5 Å². The first-order valence-corrected chi connectivity index (χ1v) is 8.19. The molecule has 4 nitrogen and oxygen atoms in total. The van der Waals surface area contributed by atoms with Crippen LogP contribution in [0.15, 0.2) is 66.4 Å². The maximum Gasteiger partial charge on any atom is 0.207 e. The van der Waals surface area contributed by atoms with Crippen molar-refractivity contribution in [2.24, 2.45) is 0 Å². The first kappa shape index (κ1) is 15.2. The van der Waals surface area contributed by atoms with E-state index in [1.54, 1.807) is 0 Å². The Balaban J connectivity index is 1.59. The molecule has 0 unspecified atom stereocenters. The second-order valence-electron chi connectivity index (χ2n) is 5.12. The molecular formula is C18H18N4S. The summed E-state index contributed by atoms with van der Waals surface area (Å²) in [4.78, 5) is 4.48. The molecule has 0 aliphatic heterocycles. The molecule has 0 spiro atoms. The van der Waals surface area contributed by atoms with E-state index in [9.17, 15) is 0 Å². The third-order valence-corrected chi connectivity index (χ3v) is 3.87. The van der Waals surface area contributed by atoms with Gasteiger partial charge in [0.05, 0.1) is 0 Å². The van der Waals surface area contributed by atoms with Crippen molar-refractivity contribution >= 4 is 28.4 Å². The average molecular weight is 322 g/mol. The molecule has 1 aromatic heterocycles. The molecule has 0 amide bonds. The Morgan fingerprint density at radius 3 is 2.48 bits per heavy atom. The molecule has 3 rings (SSSR count). The molecule has 2 aromatic carbocycles. The van der Waals surface area contributed by atoms with Crippen molar-refractivity contribution in [2.45, 2.75) is 13.5 Å². The highest BCUT2D eigenvalue weighted by molar-refractivity contribution is 7.09. The number of allylic oxidation sites excluding steroid dienone is 1. The highest BCUT2D eigenvalue weighted by atomic mass is 32.1. The summed E-state index contributed by atoms with van der Waals surface area (Å²) in [5.74, 6) is 0.714. The number of benzene rings is 2. The molecule has 0 radical (unpaired) electrons. The molecule has 0 bridgehead atoms. The molecule has 0 aliphatic carbocycles. The first-order chi connectivity index (χ1) is 11.3. The van der Waals surface area contributed by atoms with E-state index in [-0.39, 0.29) is 0 Å². The lowest BCUT2D eigenvalue weighted by molar-refractivity contribution is 0.817. The van der Waals surface area contributed by atoms with Crippen LogP contribution in [0.1, 0.15) is 18.3 Å². The van der Waals surface area contributed by atoms with E-state index < -0.39 is 0 Å². The van der Waals surface area contributed by atoms with Gasteiger partial charge >= 0.3 is 0 Å². The van der Waals surface area contributed by atoms with Crippen LogP contribution in [0.4, 0.5) is 10.8 Å². The largest absolute Gasteiger partial charge is 0.384 e. The normalized spacial score (nSPS) is 11.3. The fourth-order valence-corrected chi connectivity index (χ4v) is 2.64. The van der Waals surface area contributed by atoms with Crippen molar-refractivity contribution in [3.63, 3.8) is 0 Å². The van der Waals surface area contributed by atoms with Gasteiger partial charge in [-0.3, -0.25) is 0 Å². The van der Waals surface area contributed by atoms with Gasteiger partial charge in [0.25, 0.3) is 0 Å². The molecule has 3 aromatic rings. The van der Waals surface area contributed by atoms with E-state index in [4.69, 9.17) is 0 Å². The van der Waals surface area contributed by atoms with E-state index in [0.29, 0.717) is 5.82 Å². The van der Waals surface area contributed by atoms with Gasteiger partial charge in [-0.1, -0.05) is 48.5 Å². The third-order valence-electron chi connectivity index (χ3n) is 3.23. The van der Waals surface area contributed by atoms with Crippen molar-refractivity contribution in [2.75, 3.05) is 5.32 Å². The first-order valence-electron chi connectivity index (χ1n) is 7.41. The number of aromatic nitrogens is 2. The lowest BCUT2D eigenvalue weighted by Crippen LogP contribution is -2.10. The standard InChI is InChI=1S/C18H18N4S/c1-14(19-13-15-8-4-2-5-9-15)12-17-21-18(23-22-17)20-16-10-6-3-7-11-16/h2-12,19H,13H2,1H3,(H,20,21,22)/b14-12+. The predicted octanol–water partition coefficient (Wildman–Crippen LogP) is 4.43. The lowest BCUT2D eigenvalue weighted by Gasteiger charge is -2.05. The van der Waals surface area contributed by atoms with Crippen LogP contribution < -0.4 is 10.6 Å². The number of nitrogens with zero attached hydrogens (tertiary/aromatic N) is 2. The molecule has 116 valence electrons. The van der Waals surface area contributed by atoms with Gasteiger partial charge in [0.15, 0.2) is 5.82 Å². The zero-order chi connectivity index (χ0) is 15.9. The number of nitrogens with one attached hydrogen (secondary N) is 2. The van der Waals surface area contributed by atoms with Gasteiger partial charge in [-0.05, 0) is 24.6 Å². The van der Waals surface area contributed by atoms with Crippen LogP contribution in [0.2, 0.25) is 0 Å². The SMILES string of the molecule is C/C(=C\c1nsc(Nc2ccccc2)n1)NCc1ccccc1.